The molecule has 0 saturated carbocycles. The summed E-state index contributed by atoms with van der Waals surface area (Å²) < 4.78 is 0. The molecule has 0 N–H and O–H groups in total. The van der Waals surface area contributed by atoms with E-state index >= 15 is 0 Å². The molecule has 0 amide bonds. The van der Waals surface area contributed by atoms with E-state index in [-0.39, 0.29) is 0 Å². The van der Waals surface area contributed by atoms with Crippen molar-refractivity contribution >= 4 is 29.2 Å². The lowest BCUT2D eigenvalue weighted by Crippen LogP contribution is -1.70. The summed E-state index contributed by atoms with van der Waals surface area (Å²) in [6.45, 7) is 4.21. The average molecular weight is 199 g/mol. The van der Waals surface area contributed by atoms with Gasteiger partial charge in [-0.1, -0.05) is 6.92 Å². The van der Waals surface area contributed by atoms with E-state index in [1.165, 1.54) is 9.78 Å². The second kappa shape index (κ2) is 4.67. The van der Waals surface area contributed by atoms with E-state index in [0.717, 1.165) is 11.4 Å². The summed E-state index contributed by atoms with van der Waals surface area (Å²) in [7, 11) is 0. The second-order valence-electron chi connectivity index (χ2n) is 2.45. The summed E-state index contributed by atoms with van der Waals surface area (Å²) in [5, 5.41) is 1.14. The molecule has 0 aliphatic carbocycles. The Labute approximate surface area is 81.9 Å². The summed E-state index contributed by atoms with van der Waals surface area (Å²) in [6, 6.07) is 0. The van der Waals surface area contributed by atoms with E-state index in [9.17, 15) is 0 Å². The van der Waals surface area contributed by atoms with Crippen molar-refractivity contribution in [1.82, 2.24) is 4.98 Å². The Balaban J connectivity index is 2.78. The topological polar surface area (TPSA) is 12.9 Å². The summed E-state index contributed by atoms with van der Waals surface area (Å²) >= 11 is 3.56. The van der Waals surface area contributed by atoms with Crippen LogP contribution in [0.25, 0.3) is 6.08 Å². The first-order chi connectivity index (χ1) is 5.76. The Morgan fingerprint density at radius 2 is 2.50 bits per heavy atom. The predicted octanol–water partition coefficient (Wildman–Crippen LogP) is 3.57. The van der Waals surface area contributed by atoms with Crippen LogP contribution in [-0.2, 0) is 0 Å². The van der Waals surface area contributed by atoms with Crippen molar-refractivity contribution in [2.24, 2.45) is 0 Å². The van der Waals surface area contributed by atoms with E-state index in [2.05, 4.69) is 24.2 Å². The zero-order valence-electron chi connectivity index (χ0n) is 7.63. The first kappa shape index (κ1) is 9.81. The standard InChI is InChI=1S/C9H13NS2/c1-4-8(11-3)5-9-6-10-7(2)12-9/h5-6H,4H2,1-3H3/b8-5-. The monoisotopic (exact) mass is 199 g/mol. The number of nitrogens with zero attached hydrogens (tertiary/aromatic N) is 1. The van der Waals surface area contributed by atoms with E-state index in [1.807, 2.05) is 24.9 Å². The third-order valence-corrected chi connectivity index (χ3v) is 3.34. The lowest BCUT2D eigenvalue weighted by molar-refractivity contribution is 1.21. The molecule has 1 rings (SSSR count). The van der Waals surface area contributed by atoms with Crippen molar-refractivity contribution in [2.75, 3.05) is 6.26 Å². The molecule has 0 aromatic carbocycles. The van der Waals surface area contributed by atoms with Gasteiger partial charge in [-0.25, -0.2) is 4.98 Å². The largest absolute Gasteiger partial charge is 0.249 e. The minimum Gasteiger partial charge on any atom is -0.249 e. The normalized spacial score (nSPS) is 12.1. The van der Waals surface area contributed by atoms with Crippen LogP contribution >= 0.6 is 23.1 Å². The number of thiazole rings is 1. The molecular formula is C9H13NS2. The molecule has 0 unspecified atom stereocenters. The Hall–Kier alpha value is -0.280. The Morgan fingerprint density at radius 3 is 2.92 bits per heavy atom. The number of allylic oxidation sites excluding steroid dienone is 1. The summed E-state index contributed by atoms with van der Waals surface area (Å²) in [5.74, 6) is 0. The van der Waals surface area contributed by atoms with Crippen molar-refractivity contribution < 1.29 is 0 Å². The zero-order valence-corrected chi connectivity index (χ0v) is 9.26. The highest BCUT2D eigenvalue weighted by atomic mass is 32.2. The first-order valence-corrected chi connectivity index (χ1v) is 5.97. The molecule has 66 valence electrons. The van der Waals surface area contributed by atoms with Gasteiger partial charge in [0, 0.05) is 11.1 Å². The number of hydrogen-bond acceptors (Lipinski definition) is 3. The van der Waals surface area contributed by atoms with Crippen LogP contribution in [0.15, 0.2) is 11.1 Å². The van der Waals surface area contributed by atoms with Crippen LogP contribution < -0.4 is 0 Å². The van der Waals surface area contributed by atoms with Crippen LogP contribution in [0.4, 0.5) is 0 Å². The van der Waals surface area contributed by atoms with Gasteiger partial charge in [-0.2, -0.15) is 0 Å². The molecule has 0 aliphatic rings. The van der Waals surface area contributed by atoms with Gasteiger partial charge in [0.1, 0.15) is 0 Å². The fourth-order valence-corrected chi connectivity index (χ4v) is 2.27. The molecule has 1 nitrogen and oxygen atoms in total. The van der Waals surface area contributed by atoms with Gasteiger partial charge in [0.25, 0.3) is 0 Å². The van der Waals surface area contributed by atoms with Gasteiger partial charge in [-0.3, -0.25) is 0 Å². The second-order valence-corrected chi connectivity index (χ2v) is 4.65. The summed E-state index contributed by atoms with van der Waals surface area (Å²) in [5.41, 5.74) is 0. The number of hydrogen-bond donors (Lipinski definition) is 0. The van der Waals surface area contributed by atoms with Gasteiger partial charge in [0.15, 0.2) is 0 Å². The molecule has 1 aromatic rings. The molecule has 0 bridgehead atoms. The molecule has 0 radical (unpaired) electrons. The fourth-order valence-electron chi connectivity index (χ4n) is 0.909. The van der Waals surface area contributed by atoms with E-state index in [0.29, 0.717) is 0 Å². The molecule has 0 fully saturated rings. The van der Waals surface area contributed by atoms with Crippen LogP contribution in [0.3, 0.4) is 0 Å². The minimum atomic E-state index is 1.11. The minimum absolute atomic E-state index is 1.11. The van der Waals surface area contributed by atoms with Gasteiger partial charge >= 0.3 is 0 Å². The highest BCUT2D eigenvalue weighted by molar-refractivity contribution is 8.02. The fraction of sp³-hybridized carbons (Fsp3) is 0.444. The van der Waals surface area contributed by atoms with Crippen molar-refractivity contribution in [3.8, 4) is 0 Å². The molecule has 0 spiro atoms. The molecule has 0 atom stereocenters. The van der Waals surface area contributed by atoms with E-state index < -0.39 is 0 Å². The summed E-state index contributed by atoms with van der Waals surface area (Å²) in [6.07, 6.45) is 7.38. The van der Waals surface area contributed by atoms with Gasteiger partial charge in [-0.15, -0.1) is 23.1 Å². The highest BCUT2D eigenvalue weighted by Crippen LogP contribution is 2.22. The van der Waals surface area contributed by atoms with Crippen molar-refractivity contribution in [3.63, 3.8) is 0 Å². The maximum absolute atomic E-state index is 4.20. The number of rotatable bonds is 3. The average Bonchev–Trinajstić information content (AvgIpc) is 2.47. The molecule has 0 saturated heterocycles. The first-order valence-electron chi connectivity index (χ1n) is 3.93. The van der Waals surface area contributed by atoms with E-state index in [1.54, 1.807) is 11.3 Å². The maximum Gasteiger partial charge on any atom is 0.0900 e. The van der Waals surface area contributed by atoms with Gasteiger partial charge in [-0.05, 0) is 30.6 Å². The smallest absolute Gasteiger partial charge is 0.0900 e. The number of aryl methyl sites for hydroxylation is 1. The van der Waals surface area contributed by atoms with E-state index in [4.69, 9.17) is 0 Å². The summed E-state index contributed by atoms with van der Waals surface area (Å²) in [4.78, 5) is 6.88. The van der Waals surface area contributed by atoms with Crippen LogP contribution in [0.2, 0.25) is 0 Å². The third-order valence-electron chi connectivity index (χ3n) is 1.55. The SMILES string of the molecule is CC/C(=C/c1cnc(C)s1)SC. The van der Waals surface area contributed by atoms with Crippen LogP contribution in [0.5, 0.6) is 0 Å². The van der Waals surface area contributed by atoms with Crippen LogP contribution in [0, 0.1) is 6.92 Å². The predicted molar refractivity (Wildman–Crippen MR) is 58.6 cm³/mol. The van der Waals surface area contributed by atoms with Gasteiger partial charge in [0.05, 0.1) is 5.01 Å². The van der Waals surface area contributed by atoms with Crippen LogP contribution in [0.1, 0.15) is 23.2 Å². The third kappa shape index (κ3) is 2.64. The maximum atomic E-state index is 4.20. The van der Waals surface area contributed by atoms with Crippen LogP contribution in [-0.4, -0.2) is 11.2 Å². The number of aromatic nitrogens is 1. The molecule has 1 aromatic heterocycles. The Morgan fingerprint density at radius 1 is 1.75 bits per heavy atom. The molecular weight excluding hydrogens is 186 g/mol. The molecule has 0 aliphatic heterocycles. The number of thioether (sulfide) groups is 1. The molecule has 12 heavy (non-hydrogen) atoms. The molecule has 1 heterocycles. The quantitative estimate of drug-likeness (QED) is 0.738. The Bertz CT molecular complexity index is 270. The van der Waals surface area contributed by atoms with Crippen molar-refractivity contribution in [2.45, 2.75) is 20.3 Å². The van der Waals surface area contributed by atoms with Crippen molar-refractivity contribution in [3.05, 3.63) is 21.0 Å². The lowest BCUT2D eigenvalue weighted by Gasteiger charge is -1.95. The zero-order chi connectivity index (χ0) is 8.97. The highest BCUT2D eigenvalue weighted by Gasteiger charge is 1.96. The van der Waals surface area contributed by atoms with Gasteiger partial charge < -0.3 is 0 Å². The Kier molecular flexibility index (Phi) is 3.82. The lowest BCUT2D eigenvalue weighted by atomic mass is 10.4. The van der Waals surface area contributed by atoms with Crippen molar-refractivity contribution in [1.29, 1.82) is 0 Å². The molecule has 3 heteroatoms. The van der Waals surface area contributed by atoms with Gasteiger partial charge in [0.2, 0.25) is 0 Å².